The SMILES string of the molecule is COC(=O)C1(CCCCCCCCCCCCC2(C(=O)CC3CC3)CC2)CC1.COC(=O)C1(CCCCCCCCCCCCC2(C(=O)O)CC2)CC1. The standard InChI is InChI=1S/C25H42O3.C21H36O4/c1-28-23(27)25(18-19-25)15-11-9-7-5-3-2-4-6-8-10-14-24(16-17-24)22(26)20-21-12-13-21;1-25-19(24)21(16-17-21)13-11-9-7-5-3-2-4-6-8-10-12-20(14-15-20)18(22)23/h21H,2-20H2,1H3;2-17H2,1H3,(H,22,23). The molecule has 0 bridgehead atoms. The lowest BCUT2D eigenvalue weighted by molar-refractivity contribution is -0.148. The largest absolute Gasteiger partial charge is 0.481 e. The van der Waals surface area contributed by atoms with Gasteiger partial charge in [-0.1, -0.05) is 128 Å². The number of unbranched alkanes of at least 4 members (excludes halogenated alkanes) is 18. The molecular formula is C46H78O7. The number of esters is 2. The summed E-state index contributed by atoms with van der Waals surface area (Å²) in [6, 6.07) is 0. The highest BCUT2D eigenvalue weighted by Gasteiger charge is 2.51. The number of ether oxygens (including phenoxy) is 2. The van der Waals surface area contributed by atoms with E-state index >= 15 is 0 Å². The Bertz CT molecular complexity index is 1120. The maximum atomic E-state index is 12.4. The van der Waals surface area contributed by atoms with Gasteiger partial charge >= 0.3 is 17.9 Å². The molecule has 1 N–H and O–H groups in total. The van der Waals surface area contributed by atoms with Crippen molar-refractivity contribution in [2.45, 2.75) is 225 Å². The molecule has 5 aliphatic rings. The summed E-state index contributed by atoms with van der Waals surface area (Å²) in [7, 11) is 3.01. The van der Waals surface area contributed by atoms with Crippen molar-refractivity contribution >= 4 is 23.7 Å². The summed E-state index contributed by atoms with van der Waals surface area (Å²) in [6.45, 7) is 0. The smallest absolute Gasteiger partial charge is 0.311 e. The molecule has 0 unspecified atom stereocenters. The van der Waals surface area contributed by atoms with E-state index in [0.717, 1.165) is 83.0 Å². The van der Waals surface area contributed by atoms with Gasteiger partial charge in [0.1, 0.15) is 5.78 Å². The highest BCUT2D eigenvalue weighted by molar-refractivity contribution is 5.87. The molecule has 5 aliphatic carbocycles. The van der Waals surface area contributed by atoms with Crippen molar-refractivity contribution in [1.29, 1.82) is 0 Å². The molecule has 0 atom stereocenters. The van der Waals surface area contributed by atoms with Crippen molar-refractivity contribution in [3.8, 4) is 0 Å². The van der Waals surface area contributed by atoms with Crippen LogP contribution in [-0.2, 0) is 28.7 Å². The molecule has 0 aromatic rings. The molecule has 0 saturated heterocycles. The first kappa shape index (κ1) is 43.8. The van der Waals surface area contributed by atoms with Crippen LogP contribution in [0.25, 0.3) is 0 Å². The fourth-order valence-electron chi connectivity index (χ4n) is 8.87. The summed E-state index contributed by atoms with van der Waals surface area (Å²) in [5.74, 6) is 0.810. The van der Waals surface area contributed by atoms with Gasteiger partial charge in [0.25, 0.3) is 0 Å². The average molecular weight is 743 g/mol. The summed E-state index contributed by atoms with van der Waals surface area (Å²) in [5.41, 5.74) is -0.368. The molecule has 7 heteroatoms. The van der Waals surface area contributed by atoms with Crippen LogP contribution < -0.4 is 0 Å². The number of ketones is 1. The number of hydrogen-bond donors (Lipinski definition) is 1. The number of carbonyl (C=O) groups excluding carboxylic acids is 3. The summed E-state index contributed by atoms with van der Waals surface area (Å²) in [5, 5.41) is 9.13. The van der Waals surface area contributed by atoms with Gasteiger partial charge in [-0.05, 0) is 95.8 Å². The summed E-state index contributed by atoms with van der Waals surface area (Å²) >= 11 is 0. The Morgan fingerprint density at radius 3 is 0.943 bits per heavy atom. The minimum atomic E-state index is -0.577. The first-order chi connectivity index (χ1) is 25.6. The Kier molecular flexibility index (Phi) is 18.2. The van der Waals surface area contributed by atoms with Gasteiger partial charge in [0.2, 0.25) is 0 Å². The quantitative estimate of drug-likeness (QED) is 0.0540. The van der Waals surface area contributed by atoms with E-state index in [1.807, 2.05) is 0 Å². The monoisotopic (exact) mass is 743 g/mol. The molecular weight excluding hydrogens is 664 g/mol. The number of Topliss-reactive ketones (excluding diaryl/α,β-unsaturated/α-hetero) is 1. The Morgan fingerprint density at radius 2 is 0.698 bits per heavy atom. The molecule has 5 saturated carbocycles. The van der Waals surface area contributed by atoms with Crippen molar-refractivity contribution in [3.05, 3.63) is 0 Å². The van der Waals surface area contributed by atoms with E-state index in [-0.39, 0.29) is 33.6 Å². The first-order valence-corrected chi connectivity index (χ1v) is 22.6. The maximum Gasteiger partial charge on any atom is 0.311 e. The van der Waals surface area contributed by atoms with Crippen molar-refractivity contribution in [3.63, 3.8) is 0 Å². The van der Waals surface area contributed by atoms with Crippen LogP contribution in [0.3, 0.4) is 0 Å². The van der Waals surface area contributed by atoms with Gasteiger partial charge in [0.05, 0.1) is 30.5 Å². The van der Waals surface area contributed by atoms with E-state index in [1.165, 1.54) is 162 Å². The molecule has 304 valence electrons. The summed E-state index contributed by atoms with van der Waals surface area (Å²) < 4.78 is 9.82. The normalized spacial score (nSPS) is 20.4. The van der Waals surface area contributed by atoms with Gasteiger partial charge in [-0.15, -0.1) is 0 Å². The summed E-state index contributed by atoms with van der Waals surface area (Å²) in [4.78, 5) is 46.8. The molecule has 5 rings (SSSR count). The van der Waals surface area contributed by atoms with E-state index in [1.54, 1.807) is 0 Å². The maximum absolute atomic E-state index is 12.4. The second kappa shape index (κ2) is 22.0. The van der Waals surface area contributed by atoms with E-state index in [4.69, 9.17) is 14.6 Å². The molecule has 0 radical (unpaired) electrons. The molecule has 0 aromatic carbocycles. The lowest BCUT2D eigenvalue weighted by Gasteiger charge is -2.13. The van der Waals surface area contributed by atoms with Crippen LogP contribution in [-0.4, -0.2) is 43.0 Å². The second-order valence-corrected chi connectivity index (χ2v) is 18.6. The third-order valence-electron chi connectivity index (χ3n) is 14.0. The zero-order valence-electron chi connectivity index (χ0n) is 34.2. The molecule has 53 heavy (non-hydrogen) atoms. The van der Waals surface area contributed by atoms with Crippen LogP contribution in [0.2, 0.25) is 0 Å². The Morgan fingerprint density at radius 1 is 0.434 bits per heavy atom. The predicted octanol–water partition coefficient (Wildman–Crippen LogP) is 12.3. The highest BCUT2D eigenvalue weighted by atomic mass is 16.5. The van der Waals surface area contributed by atoms with Crippen LogP contribution in [0.4, 0.5) is 0 Å². The van der Waals surface area contributed by atoms with Crippen LogP contribution in [0, 0.1) is 27.6 Å². The van der Waals surface area contributed by atoms with E-state index in [2.05, 4.69) is 0 Å². The molecule has 0 heterocycles. The topological polar surface area (TPSA) is 107 Å². The number of rotatable bonds is 32. The van der Waals surface area contributed by atoms with Crippen LogP contribution in [0.5, 0.6) is 0 Å². The number of aliphatic carboxylic acids is 1. The first-order valence-electron chi connectivity index (χ1n) is 22.6. The molecule has 5 fully saturated rings. The zero-order chi connectivity index (χ0) is 38.0. The van der Waals surface area contributed by atoms with E-state index in [9.17, 15) is 19.2 Å². The Hall–Kier alpha value is -1.92. The molecule has 0 aromatic heterocycles. The number of carboxylic acids is 1. The van der Waals surface area contributed by atoms with Crippen molar-refractivity contribution in [2.24, 2.45) is 27.6 Å². The van der Waals surface area contributed by atoms with Crippen LogP contribution in [0.1, 0.15) is 225 Å². The fraction of sp³-hybridized carbons (Fsp3) is 0.913. The third-order valence-corrected chi connectivity index (χ3v) is 14.0. The minimum absolute atomic E-state index is 0.00320. The Balaban J connectivity index is 0.000000238. The van der Waals surface area contributed by atoms with E-state index in [0.29, 0.717) is 5.78 Å². The number of methoxy groups -OCH3 is 2. The third kappa shape index (κ3) is 15.3. The van der Waals surface area contributed by atoms with Gasteiger partial charge in [0, 0.05) is 11.8 Å². The van der Waals surface area contributed by atoms with Gasteiger partial charge in [-0.2, -0.15) is 0 Å². The fourth-order valence-corrected chi connectivity index (χ4v) is 8.87. The Labute approximate surface area is 323 Å². The molecule has 7 nitrogen and oxygen atoms in total. The van der Waals surface area contributed by atoms with Crippen molar-refractivity contribution in [1.82, 2.24) is 0 Å². The second-order valence-electron chi connectivity index (χ2n) is 18.6. The lowest BCUT2D eigenvalue weighted by atomic mass is 9.90. The molecule has 0 aliphatic heterocycles. The lowest BCUT2D eigenvalue weighted by Crippen LogP contribution is -2.17. The number of carbonyl (C=O) groups is 4. The van der Waals surface area contributed by atoms with Crippen LogP contribution >= 0.6 is 0 Å². The van der Waals surface area contributed by atoms with E-state index < -0.39 is 5.97 Å². The van der Waals surface area contributed by atoms with Gasteiger partial charge in [-0.25, -0.2) is 0 Å². The van der Waals surface area contributed by atoms with Gasteiger partial charge in [-0.3, -0.25) is 19.2 Å². The summed E-state index contributed by atoms with van der Waals surface area (Å²) in [6.07, 6.45) is 41.3. The average Bonchev–Trinajstić information content (AvgIpc) is 3.95. The van der Waals surface area contributed by atoms with Gasteiger partial charge in [0.15, 0.2) is 0 Å². The van der Waals surface area contributed by atoms with Crippen molar-refractivity contribution in [2.75, 3.05) is 14.2 Å². The molecule has 0 amide bonds. The van der Waals surface area contributed by atoms with Gasteiger partial charge < -0.3 is 14.6 Å². The number of hydrogen-bond acceptors (Lipinski definition) is 6. The minimum Gasteiger partial charge on any atom is -0.481 e. The predicted molar refractivity (Wildman–Crippen MR) is 211 cm³/mol. The molecule has 0 spiro atoms. The van der Waals surface area contributed by atoms with Crippen molar-refractivity contribution < 1.29 is 33.8 Å². The van der Waals surface area contributed by atoms with Crippen LogP contribution in [0.15, 0.2) is 0 Å². The highest BCUT2D eigenvalue weighted by Crippen LogP contribution is 2.54. The number of carboxylic acid groups (broad SMARTS) is 1. The zero-order valence-corrected chi connectivity index (χ0v) is 34.2.